The van der Waals surface area contributed by atoms with Gasteiger partial charge < -0.3 is 15.0 Å². The van der Waals surface area contributed by atoms with Crippen molar-refractivity contribution in [3.05, 3.63) is 29.8 Å². The van der Waals surface area contributed by atoms with Crippen LogP contribution in [0.2, 0.25) is 0 Å². The Morgan fingerprint density at radius 1 is 1.32 bits per heavy atom. The molecule has 1 saturated heterocycles. The van der Waals surface area contributed by atoms with Crippen molar-refractivity contribution >= 4 is 17.5 Å². The van der Waals surface area contributed by atoms with Gasteiger partial charge in [-0.25, -0.2) is 0 Å². The van der Waals surface area contributed by atoms with E-state index < -0.39 is 5.41 Å². The molecule has 0 saturated carbocycles. The molecule has 5 nitrogen and oxygen atoms in total. The zero-order chi connectivity index (χ0) is 18.6. The molecule has 5 heteroatoms. The summed E-state index contributed by atoms with van der Waals surface area (Å²) in [5.74, 6) is -0.0712. The highest BCUT2D eigenvalue weighted by atomic mass is 16.5. The molecule has 1 aliphatic rings. The van der Waals surface area contributed by atoms with Crippen LogP contribution in [0.5, 0.6) is 0 Å². The lowest BCUT2D eigenvalue weighted by molar-refractivity contribution is -0.142. The van der Waals surface area contributed by atoms with E-state index in [1.165, 1.54) is 0 Å². The second kappa shape index (κ2) is 8.00. The number of amides is 2. The normalized spacial score (nSPS) is 19.4. The highest BCUT2D eigenvalue weighted by Crippen LogP contribution is 2.25. The first kappa shape index (κ1) is 19.4. The summed E-state index contributed by atoms with van der Waals surface area (Å²) in [6.07, 6.45) is 1.65. The number of hydrogen-bond donors (Lipinski definition) is 1. The van der Waals surface area contributed by atoms with Crippen LogP contribution in [0, 0.1) is 11.3 Å². The number of methoxy groups -OCH3 is 1. The average Bonchev–Trinajstić information content (AvgIpc) is 2.59. The second-order valence-corrected chi connectivity index (χ2v) is 7.83. The van der Waals surface area contributed by atoms with E-state index in [9.17, 15) is 9.59 Å². The molecule has 1 fully saturated rings. The van der Waals surface area contributed by atoms with Crippen molar-refractivity contribution in [2.45, 2.75) is 46.6 Å². The van der Waals surface area contributed by atoms with Crippen LogP contribution in [0.1, 0.15) is 52.2 Å². The number of likely N-dealkylation sites (tertiary alicyclic amines) is 1. The third-order valence-corrected chi connectivity index (χ3v) is 4.70. The molecule has 1 aromatic rings. The van der Waals surface area contributed by atoms with E-state index in [2.05, 4.69) is 5.32 Å². The zero-order valence-electron chi connectivity index (χ0n) is 16.0. The predicted molar refractivity (Wildman–Crippen MR) is 99.3 cm³/mol. The Bertz CT molecular complexity index is 622. The molecule has 1 aromatic carbocycles. The second-order valence-electron chi connectivity index (χ2n) is 7.83. The molecule has 138 valence electrons. The largest absolute Gasteiger partial charge is 0.377 e. The van der Waals surface area contributed by atoms with Crippen molar-refractivity contribution in [1.29, 1.82) is 0 Å². The Labute approximate surface area is 150 Å². The number of benzene rings is 1. The fraction of sp³-hybridized carbons (Fsp3) is 0.600. The van der Waals surface area contributed by atoms with Gasteiger partial charge in [0.2, 0.25) is 11.8 Å². The fourth-order valence-corrected chi connectivity index (χ4v) is 3.10. The van der Waals surface area contributed by atoms with E-state index in [1.807, 2.05) is 56.9 Å². The van der Waals surface area contributed by atoms with Crippen LogP contribution in [0.3, 0.4) is 0 Å². The molecular formula is C20H30N2O3. The molecule has 0 radical (unpaired) electrons. The molecule has 0 spiro atoms. The minimum Gasteiger partial charge on any atom is -0.377 e. The minimum atomic E-state index is -0.414. The van der Waals surface area contributed by atoms with Crippen molar-refractivity contribution in [3.8, 4) is 0 Å². The van der Waals surface area contributed by atoms with Crippen LogP contribution in [0.4, 0.5) is 5.69 Å². The molecule has 0 unspecified atom stereocenters. The Balaban J connectivity index is 2.02. The highest BCUT2D eigenvalue weighted by molar-refractivity contribution is 5.93. The van der Waals surface area contributed by atoms with Crippen LogP contribution in [0.25, 0.3) is 0 Å². The highest BCUT2D eigenvalue weighted by Gasteiger charge is 2.33. The molecule has 0 bridgehead atoms. The molecule has 0 aromatic heterocycles. The number of ether oxygens (including phenoxy) is 1. The van der Waals surface area contributed by atoms with Crippen molar-refractivity contribution in [1.82, 2.24) is 4.90 Å². The summed E-state index contributed by atoms with van der Waals surface area (Å²) in [5.41, 5.74) is 1.38. The number of nitrogens with one attached hydrogen (secondary N) is 1. The lowest BCUT2D eigenvalue weighted by Gasteiger charge is -2.35. The van der Waals surface area contributed by atoms with Gasteiger partial charge in [-0.15, -0.1) is 0 Å². The van der Waals surface area contributed by atoms with Gasteiger partial charge in [-0.3, -0.25) is 9.59 Å². The fourth-order valence-electron chi connectivity index (χ4n) is 3.10. The molecule has 0 aliphatic carbocycles. The van der Waals surface area contributed by atoms with Crippen LogP contribution >= 0.6 is 0 Å². The summed E-state index contributed by atoms with van der Waals surface area (Å²) in [6, 6.07) is 7.71. The van der Waals surface area contributed by atoms with Crippen molar-refractivity contribution in [3.63, 3.8) is 0 Å². The summed E-state index contributed by atoms with van der Waals surface area (Å²) < 4.78 is 5.33. The van der Waals surface area contributed by atoms with Crippen molar-refractivity contribution in [2.24, 2.45) is 11.3 Å². The molecular weight excluding hydrogens is 316 g/mol. The number of anilines is 1. The summed E-state index contributed by atoms with van der Waals surface area (Å²) in [7, 11) is 1.67. The lowest BCUT2D eigenvalue weighted by Crippen LogP contribution is -2.47. The van der Waals surface area contributed by atoms with Gasteiger partial charge >= 0.3 is 0 Å². The van der Waals surface area contributed by atoms with Crippen LogP contribution in [-0.2, 0) is 14.3 Å². The average molecular weight is 346 g/mol. The van der Waals surface area contributed by atoms with Crippen molar-refractivity contribution in [2.75, 3.05) is 25.5 Å². The third-order valence-electron chi connectivity index (χ3n) is 4.70. The Kier molecular flexibility index (Phi) is 6.22. The molecule has 2 rings (SSSR count). The number of rotatable bonds is 4. The molecule has 1 heterocycles. The van der Waals surface area contributed by atoms with Crippen LogP contribution in [-0.4, -0.2) is 36.9 Å². The van der Waals surface area contributed by atoms with Gasteiger partial charge in [0.15, 0.2) is 0 Å². The maximum absolute atomic E-state index is 12.7. The predicted octanol–water partition coefficient (Wildman–Crippen LogP) is 3.62. The molecule has 2 atom stereocenters. The SMILES string of the molecule is CO[C@H](C)c1cccc(NC(=O)[C@@H]2CCCN(C(=O)C(C)(C)C)C2)c1. The third kappa shape index (κ3) is 5.05. The van der Waals surface area contributed by atoms with Crippen LogP contribution in [0.15, 0.2) is 24.3 Å². The number of hydrogen-bond acceptors (Lipinski definition) is 3. The summed E-state index contributed by atoms with van der Waals surface area (Å²) >= 11 is 0. The topological polar surface area (TPSA) is 58.6 Å². The lowest BCUT2D eigenvalue weighted by atomic mass is 9.91. The van der Waals surface area contributed by atoms with Gasteiger partial charge in [-0.2, -0.15) is 0 Å². The van der Waals surface area contributed by atoms with E-state index in [1.54, 1.807) is 7.11 Å². The van der Waals surface area contributed by atoms with Gasteiger partial charge in [0.25, 0.3) is 0 Å². The first-order chi connectivity index (χ1) is 11.7. The van der Waals surface area contributed by atoms with Gasteiger partial charge in [0, 0.05) is 31.3 Å². The molecule has 2 amide bonds. The monoisotopic (exact) mass is 346 g/mol. The standard InChI is InChI=1S/C20H30N2O3/c1-14(25-5)15-8-6-10-17(12-15)21-18(23)16-9-7-11-22(13-16)19(24)20(2,3)4/h6,8,10,12,14,16H,7,9,11,13H2,1-5H3,(H,21,23)/t14-,16-/m1/s1. The van der Waals surface area contributed by atoms with Gasteiger partial charge in [-0.05, 0) is 37.5 Å². The smallest absolute Gasteiger partial charge is 0.229 e. The number of carbonyl (C=O) groups excluding carboxylic acids is 2. The van der Waals surface area contributed by atoms with E-state index in [-0.39, 0.29) is 23.8 Å². The van der Waals surface area contributed by atoms with E-state index in [0.717, 1.165) is 30.6 Å². The Hall–Kier alpha value is -1.88. The maximum Gasteiger partial charge on any atom is 0.229 e. The number of nitrogens with zero attached hydrogens (tertiary/aromatic N) is 1. The van der Waals surface area contributed by atoms with E-state index in [0.29, 0.717) is 6.54 Å². The van der Waals surface area contributed by atoms with Crippen molar-refractivity contribution < 1.29 is 14.3 Å². The maximum atomic E-state index is 12.7. The summed E-state index contributed by atoms with van der Waals surface area (Å²) in [5, 5.41) is 3.00. The quantitative estimate of drug-likeness (QED) is 0.906. The number of carbonyl (C=O) groups is 2. The van der Waals surface area contributed by atoms with E-state index in [4.69, 9.17) is 4.74 Å². The van der Waals surface area contributed by atoms with E-state index >= 15 is 0 Å². The minimum absolute atomic E-state index is 0.0198. The first-order valence-electron chi connectivity index (χ1n) is 8.95. The van der Waals surface area contributed by atoms with Crippen LogP contribution < -0.4 is 5.32 Å². The van der Waals surface area contributed by atoms with Gasteiger partial charge in [-0.1, -0.05) is 32.9 Å². The number of piperidine rings is 1. The Morgan fingerprint density at radius 3 is 2.68 bits per heavy atom. The molecule has 1 N–H and O–H groups in total. The van der Waals surface area contributed by atoms with Gasteiger partial charge in [0.05, 0.1) is 12.0 Å². The molecule has 25 heavy (non-hydrogen) atoms. The molecule has 1 aliphatic heterocycles. The first-order valence-corrected chi connectivity index (χ1v) is 8.95. The summed E-state index contributed by atoms with van der Waals surface area (Å²) in [6.45, 7) is 8.96. The summed E-state index contributed by atoms with van der Waals surface area (Å²) in [4.78, 5) is 27.0. The zero-order valence-corrected chi connectivity index (χ0v) is 16.0. The van der Waals surface area contributed by atoms with Gasteiger partial charge in [0.1, 0.15) is 0 Å². The Morgan fingerprint density at radius 2 is 2.04 bits per heavy atom.